The number of hydrogen-bond acceptors (Lipinski definition) is 6. The lowest BCUT2D eigenvalue weighted by Gasteiger charge is -2.16. The van der Waals surface area contributed by atoms with Crippen LogP contribution in [-0.2, 0) is 16.3 Å². The van der Waals surface area contributed by atoms with E-state index in [-0.39, 0.29) is 23.8 Å². The fraction of sp³-hybridized carbons (Fsp3) is 0.455. The summed E-state index contributed by atoms with van der Waals surface area (Å²) in [5.74, 6) is -0.274. The highest BCUT2D eigenvalue weighted by molar-refractivity contribution is 6.33. The maximum Gasteiger partial charge on any atom is 0.312 e. The van der Waals surface area contributed by atoms with Gasteiger partial charge in [0.15, 0.2) is 17.5 Å². The van der Waals surface area contributed by atoms with E-state index in [0.29, 0.717) is 11.2 Å². The average molecular weight is 284 g/mol. The third kappa shape index (κ3) is 2.76. The van der Waals surface area contributed by atoms with Crippen LogP contribution >= 0.6 is 11.6 Å². The highest BCUT2D eigenvalue weighted by Gasteiger charge is 2.23. The van der Waals surface area contributed by atoms with Gasteiger partial charge in [-0.2, -0.15) is 9.97 Å². The van der Waals surface area contributed by atoms with Crippen molar-refractivity contribution in [2.24, 2.45) is 5.41 Å². The summed E-state index contributed by atoms with van der Waals surface area (Å²) < 4.78 is 6.72. The maximum atomic E-state index is 11.7. The van der Waals surface area contributed by atoms with Crippen LogP contribution < -0.4 is 5.73 Å². The second-order valence-corrected chi connectivity index (χ2v) is 5.43. The Hall–Kier alpha value is -1.89. The minimum atomic E-state index is -0.567. The van der Waals surface area contributed by atoms with Crippen molar-refractivity contribution in [1.29, 1.82) is 0 Å². The third-order valence-electron chi connectivity index (χ3n) is 2.39. The van der Waals surface area contributed by atoms with Crippen LogP contribution in [0.15, 0.2) is 6.33 Å². The molecule has 0 saturated heterocycles. The minimum Gasteiger partial charge on any atom is -0.443 e. The standard InChI is InChI=1S/C11H14ClN5O2/c1-11(2,3)9(18)19-5-17-4-14-6-7(12)15-10(13)16-8(6)17/h4H,5H2,1-3H3,(H2,13,15,16). The number of halogens is 1. The lowest BCUT2D eigenvalue weighted by Crippen LogP contribution is -2.24. The number of rotatable bonds is 2. The van der Waals surface area contributed by atoms with Crippen LogP contribution in [0.25, 0.3) is 11.2 Å². The molecular weight excluding hydrogens is 270 g/mol. The van der Waals surface area contributed by atoms with Gasteiger partial charge in [-0.05, 0) is 20.8 Å². The van der Waals surface area contributed by atoms with E-state index in [0.717, 1.165) is 0 Å². The predicted molar refractivity (Wildman–Crippen MR) is 70.3 cm³/mol. The van der Waals surface area contributed by atoms with Crippen molar-refractivity contribution in [2.75, 3.05) is 5.73 Å². The predicted octanol–water partition coefficient (Wildman–Crippen LogP) is 1.61. The molecule has 2 N–H and O–H groups in total. The summed E-state index contributed by atoms with van der Waals surface area (Å²) in [4.78, 5) is 23.6. The molecule has 102 valence electrons. The van der Waals surface area contributed by atoms with Gasteiger partial charge in [-0.25, -0.2) is 4.98 Å². The zero-order chi connectivity index (χ0) is 14.2. The summed E-state index contributed by atoms with van der Waals surface area (Å²) in [5.41, 5.74) is 5.80. The Balaban J connectivity index is 2.25. The van der Waals surface area contributed by atoms with E-state index in [1.54, 1.807) is 25.3 Å². The SMILES string of the molecule is CC(C)(C)C(=O)OCn1cnc2c(Cl)nc(N)nc21. The number of anilines is 1. The third-order valence-corrected chi connectivity index (χ3v) is 2.65. The fourth-order valence-corrected chi connectivity index (χ4v) is 1.58. The zero-order valence-corrected chi connectivity index (χ0v) is 11.6. The second kappa shape index (κ2) is 4.65. The molecule has 0 radical (unpaired) electrons. The fourth-order valence-electron chi connectivity index (χ4n) is 1.36. The van der Waals surface area contributed by atoms with Crippen molar-refractivity contribution in [2.45, 2.75) is 27.5 Å². The van der Waals surface area contributed by atoms with Gasteiger partial charge in [0, 0.05) is 0 Å². The maximum absolute atomic E-state index is 11.7. The van der Waals surface area contributed by atoms with E-state index < -0.39 is 5.41 Å². The average Bonchev–Trinajstić information content (AvgIpc) is 2.67. The Kier molecular flexibility index (Phi) is 3.32. The number of fused-ring (bicyclic) bond motifs is 1. The number of esters is 1. The van der Waals surface area contributed by atoms with Gasteiger partial charge in [0.1, 0.15) is 5.52 Å². The largest absolute Gasteiger partial charge is 0.443 e. The van der Waals surface area contributed by atoms with Gasteiger partial charge in [-0.15, -0.1) is 0 Å². The van der Waals surface area contributed by atoms with Crippen molar-refractivity contribution < 1.29 is 9.53 Å². The number of nitrogen functional groups attached to an aromatic ring is 1. The number of ether oxygens (including phenoxy) is 1. The monoisotopic (exact) mass is 283 g/mol. The number of hydrogen-bond donors (Lipinski definition) is 1. The summed E-state index contributed by atoms with van der Waals surface area (Å²) >= 11 is 5.90. The molecule has 0 spiro atoms. The molecule has 0 aromatic carbocycles. The van der Waals surface area contributed by atoms with Crippen molar-refractivity contribution in [3.8, 4) is 0 Å². The number of nitrogens with two attached hydrogens (primary N) is 1. The lowest BCUT2D eigenvalue weighted by molar-refractivity contribution is -0.156. The quantitative estimate of drug-likeness (QED) is 0.664. The molecule has 0 fully saturated rings. The molecule has 0 aliphatic carbocycles. The van der Waals surface area contributed by atoms with Crippen LogP contribution in [0.3, 0.4) is 0 Å². The van der Waals surface area contributed by atoms with Gasteiger partial charge in [-0.1, -0.05) is 11.6 Å². The molecule has 0 unspecified atom stereocenters. The number of carbonyl (C=O) groups is 1. The van der Waals surface area contributed by atoms with Crippen LogP contribution in [0.2, 0.25) is 5.15 Å². The molecule has 19 heavy (non-hydrogen) atoms. The van der Waals surface area contributed by atoms with E-state index in [1.165, 1.54) is 6.33 Å². The summed E-state index contributed by atoms with van der Waals surface area (Å²) in [5, 5.41) is 0.170. The van der Waals surface area contributed by atoms with Crippen LogP contribution in [0.1, 0.15) is 20.8 Å². The van der Waals surface area contributed by atoms with E-state index in [4.69, 9.17) is 22.1 Å². The van der Waals surface area contributed by atoms with Crippen LogP contribution in [0.4, 0.5) is 5.95 Å². The van der Waals surface area contributed by atoms with Crippen LogP contribution in [0.5, 0.6) is 0 Å². The Morgan fingerprint density at radius 2 is 2.16 bits per heavy atom. The molecule has 0 aliphatic heterocycles. The highest BCUT2D eigenvalue weighted by atomic mass is 35.5. The van der Waals surface area contributed by atoms with E-state index in [2.05, 4.69) is 15.0 Å². The summed E-state index contributed by atoms with van der Waals surface area (Å²) in [6.45, 7) is 5.33. The molecule has 2 aromatic heterocycles. The Labute approximate surface area is 114 Å². The van der Waals surface area contributed by atoms with Gasteiger partial charge in [-0.3, -0.25) is 9.36 Å². The van der Waals surface area contributed by atoms with Crippen LogP contribution in [-0.4, -0.2) is 25.5 Å². The first-order valence-corrected chi connectivity index (χ1v) is 5.98. The number of carbonyl (C=O) groups excluding carboxylic acids is 1. The molecule has 0 atom stereocenters. The van der Waals surface area contributed by atoms with Crippen LogP contribution in [0, 0.1) is 5.41 Å². The highest BCUT2D eigenvalue weighted by Crippen LogP contribution is 2.20. The van der Waals surface area contributed by atoms with Gasteiger partial charge in [0.05, 0.1) is 11.7 Å². The van der Waals surface area contributed by atoms with Crippen molar-refractivity contribution in [1.82, 2.24) is 19.5 Å². The normalized spacial score (nSPS) is 11.8. The molecule has 2 rings (SSSR count). The Bertz CT molecular complexity index is 632. The molecule has 0 aliphatic rings. The minimum absolute atomic E-state index is 0.000610. The smallest absolute Gasteiger partial charge is 0.312 e. The number of imidazole rings is 1. The summed E-state index contributed by atoms with van der Waals surface area (Å²) in [6.07, 6.45) is 1.47. The molecular formula is C11H14ClN5O2. The molecule has 2 heterocycles. The number of nitrogens with zero attached hydrogens (tertiary/aromatic N) is 4. The zero-order valence-electron chi connectivity index (χ0n) is 10.8. The van der Waals surface area contributed by atoms with Gasteiger partial charge in [0.25, 0.3) is 0 Å². The van der Waals surface area contributed by atoms with E-state index in [1.807, 2.05) is 0 Å². The first-order chi connectivity index (χ1) is 8.79. The summed E-state index contributed by atoms with van der Waals surface area (Å²) in [7, 11) is 0. The molecule has 8 heteroatoms. The van der Waals surface area contributed by atoms with E-state index in [9.17, 15) is 4.79 Å². The Morgan fingerprint density at radius 3 is 2.79 bits per heavy atom. The van der Waals surface area contributed by atoms with Crippen molar-refractivity contribution in [3.63, 3.8) is 0 Å². The Morgan fingerprint density at radius 1 is 1.47 bits per heavy atom. The van der Waals surface area contributed by atoms with Gasteiger partial charge in [0.2, 0.25) is 5.95 Å². The topological polar surface area (TPSA) is 95.9 Å². The van der Waals surface area contributed by atoms with Gasteiger partial charge >= 0.3 is 5.97 Å². The van der Waals surface area contributed by atoms with Gasteiger partial charge < -0.3 is 10.5 Å². The second-order valence-electron chi connectivity index (χ2n) is 5.07. The molecule has 2 aromatic rings. The van der Waals surface area contributed by atoms with Crippen molar-refractivity contribution >= 4 is 34.7 Å². The number of aromatic nitrogens is 4. The molecule has 7 nitrogen and oxygen atoms in total. The first-order valence-electron chi connectivity index (χ1n) is 5.60. The molecule has 0 saturated carbocycles. The molecule has 0 bridgehead atoms. The molecule has 0 amide bonds. The van der Waals surface area contributed by atoms with E-state index >= 15 is 0 Å². The summed E-state index contributed by atoms with van der Waals surface area (Å²) in [6, 6.07) is 0. The van der Waals surface area contributed by atoms with Crippen molar-refractivity contribution in [3.05, 3.63) is 11.5 Å². The lowest BCUT2D eigenvalue weighted by atomic mass is 9.98. The first kappa shape index (κ1) is 13.5.